The van der Waals surface area contributed by atoms with Crippen molar-refractivity contribution in [1.29, 1.82) is 0 Å². The zero-order chi connectivity index (χ0) is 11.7. The van der Waals surface area contributed by atoms with E-state index in [1.807, 2.05) is 6.92 Å². The molecule has 0 bridgehead atoms. The fourth-order valence-electron chi connectivity index (χ4n) is 3.07. The summed E-state index contributed by atoms with van der Waals surface area (Å²) in [5.74, 6) is 0.684. The third-order valence-corrected chi connectivity index (χ3v) is 3.83. The van der Waals surface area contributed by atoms with Crippen molar-refractivity contribution in [2.24, 2.45) is 0 Å². The van der Waals surface area contributed by atoms with Gasteiger partial charge < -0.3 is 5.32 Å². The van der Waals surface area contributed by atoms with E-state index < -0.39 is 0 Å². The van der Waals surface area contributed by atoms with Gasteiger partial charge in [0.05, 0.1) is 11.9 Å². The normalized spacial score (nSPS) is 29.0. The lowest BCUT2D eigenvalue weighted by molar-refractivity contribution is 0.182. The minimum atomic E-state index is 0.495. The lowest BCUT2D eigenvalue weighted by atomic mass is 9.96. The molecule has 92 valence electrons. The van der Waals surface area contributed by atoms with E-state index in [2.05, 4.69) is 25.4 Å². The van der Waals surface area contributed by atoms with Crippen LogP contribution in [-0.2, 0) is 0 Å². The Bertz CT molecular complexity index is 394. The monoisotopic (exact) mass is 233 g/mol. The maximum absolute atomic E-state index is 4.38. The molecule has 2 aliphatic rings. The Morgan fingerprint density at radius 3 is 2.94 bits per heavy atom. The highest BCUT2D eigenvalue weighted by atomic mass is 15.3. The smallest absolute Gasteiger partial charge is 0.243 e. The molecular formula is C12H19N5. The lowest BCUT2D eigenvalue weighted by Crippen LogP contribution is -2.47. The van der Waals surface area contributed by atoms with Crippen LogP contribution in [0, 0.1) is 6.92 Å². The van der Waals surface area contributed by atoms with Gasteiger partial charge in [-0.05, 0) is 45.7 Å². The van der Waals surface area contributed by atoms with Crippen molar-refractivity contribution in [2.75, 3.05) is 18.4 Å². The summed E-state index contributed by atoms with van der Waals surface area (Å²) in [6.45, 7) is 4.47. The van der Waals surface area contributed by atoms with Crippen LogP contribution >= 0.6 is 0 Å². The molecule has 2 fully saturated rings. The lowest BCUT2D eigenvalue weighted by Gasteiger charge is -2.36. The molecule has 5 nitrogen and oxygen atoms in total. The van der Waals surface area contributed by atoms with Crippen LogP contribution in [0.5, 0.6) is 0 Å². The number of piperidine rings is 1. The van der Waals surface area contributed by atoms with Crippen molar-refractivity contribution in [3.8, 4) is 0 Å². The van der Waals surface area contributed by atoms with Gasteiger partial charge in [-0.25, -0.2) is 4.98 Å². The van der Waals surface area contributed by atoms with E-state index in [1.54, 1.807) is 6.20 Å². The second-order valence-electron chi connectivity index (χ2n) is 5.06. The number of rotatable bonds is 2. The topological polar surface area (TPSA) is 53.9 Å². The van der Waals surface area contributed by atoms with Gasteiger partial charge in [0.2, 0.25) is 5.95 Å². The summed E-state index contributed by atoms with van der Waals surface area (Å²) in [6, 6.07) is 1.17. The molecule has 2 atom stereocenters. The van der Waals surface area contributed by atoms with Crippen LogP contribution in [0.4, 0.5) is 5.95 Å². The van der Waals surface area contributed by atoms with Crippen molar-refractivity contribution < 1.29 is 0 Å². The fraction of sp³-hybridized carbons (Fsp3) is 0.750. The van der Waals surface area contributed by atoms with Crippen molar-refractivity contribution in [3.63, 3.8) is 0 Å². The first-order valence-corrected chi connectivity index (χ1v) is 6.50. The Morgan fingerprint density at radius 1 is 1.29 bits per heavy atom. The van der Waals surface area contributed by atoms with Gasteiger partial charge in [0.1, 0.15) is 0 Å². The van der Waals surface area contributed by atoms with Gasteiger partial charge in [-0.3, -0.25) is 4.90 Å². The SMILES string of the molecule is Cc1cnnc(N[C@@H]2CCCN3CCC[C@@H]23)n1. The molecule has 17 heavy (non-hydrogen) atoms. The summed E-state index contributed by atoms with van der Waals surface area (Å²) < 4.78 is 0. The number of nitrogens with one attached hydrogen (secondary N) is 1. The zero-order valence-corrected chi connectivity index (χ0v) is 10.3. The van der Waals surface area contributed by atoms with Crippen LogP contribution in [0.25, 0.3) is 0 Å². The number of hydrogen-bond acceptors (Lipinski definition) is 5. The van der Waals surface area contributed by atoms with E-state index in [9.17, 15) is 0 Å². The van der Waals surface area contributed by atoms with E-state index in [0.717, 1.165) is 5.69 Å². The molecule has 0 saturated carbocycles. The number of anilines is 1. The average Bonchev–Trinajstić information content (AvgIpc) is 2.78. The Balaban J connectivity index is 1.71. The molecule has 0 unspecified atom stereocenters. The van der Waals surface area contributed by atoms with Crippen LogP contribution in [0.15, 0.2) is 6.20 Å². The van der Waals surface area contributed by atoms with Gasteiger partial charge in [0.25, 0.3) is 0 Å². The van der Waals surface area contributed by atoms with Gasteiger partial charge in [0.15, 0.2) is 0 Å². The van der Waals surface area contributed by atoms with Crippen molar-refractivity contribution in [2.45, 2.75) is 44.7 Å². The van der Waals surface area contributed by atoms with Crippen LogP contribution in [0.3, 0.4) is 0 Å². The van der Waals surface area contributed by atoms with E-state index in [0.29, 0.717) is 18.0 Å². The maximum atomic E-state index is 4.38. The summed E-state index contributed by atoms with van der Waals surface area (Å²) in [5, 5.41) is 11.5. The minimum absolute atomic E-state index is 0.495. The third kappa shape index (κ3) is 2.24. The first-order valence-electron chi connectivity index (χ1n) is 6.50. The molecule has 0 spiro atoms. The molecular weight excluding hydrogens is 214 g/mol. The molecule has 0 aromatic carbocycles. The number of nitrogens with zero attached hydrogens (tertiary/aromatic N) is 4. The number of hydrogen-bond donors (Lipinski definition) is 1. The minimum Gasteiger partial charge on any atom is -0.349 e. The average molecular weight is 233 g/mol. The molecule has 1 aromatic heterocycles. The van der Waals surface area contributed by atoms with Gasteiger partial charge >= 0.3 is 0 Å². The zero-order valence-electron chi connectivity index (χ0n) is 10.3. The fourth-order valence-corrected chi connectivity index (χ4v) is 3.07. The number of aryl methyl sites for hydroxylation is 1. The maximum Gasteiger partial charge on any atom is 0.243 e. The molecule has 0 aliphatic carbocycles. The standard InChI is InChI=1S/C12H19N5/c1-9-8-13-16-12(14-9)15-10-4-2-6-17-7-3-5-11(10)17/h8,10-11H,2-7H2,1H3,(H,14,15,16)/t10-,11+/m1/s1. The van der Waals surface area contributed by atoms with E-state index in [4.69, 9.17) is 0 Å². The summed E-state index contributed by atoms with van der Waals surface area (Å²) >= 11 is 0. The molecule has 2 saturated heterocycles. The molecule has 1 N–H and O–H groups in total. The molecule has 0 radical (unpaired) electrons. The van der Waals surface area contributed by atoms with Crippen LogP contribution < -0.4 is 5.32 Å². The van der Waals surface area contributed by atoms with Crippen LogP contribution in [0.1, 0.15) is 31.4 Å². The molecule has 0 amide bonds. The highest BCUT2D eigenvalue weighted by Crippen LogP contribution is 2.28. The first-order chi connectivity index (χ1) is 8.33. The highest BCUT2D eigenvalue weighted by Gasteiger charge is 2.34. The summed E-state index contributed by atoms with van der Waals surface area (Å²) in [6.07, 6.45) is 6.81. The summed E-state index contributed by atoms with van der Waals surface area (Å²) in [7, 11) is 0. The largest absolute Gasteiger partial charge is 0.349 e. The van der Waals surface area contributed by atoms with E-state index in [-0.39, 0.29) is 0 Å². The van der Waals surface area contributed by atoms with Gasteiger partial charge in [-0.15, -0.1) is 5.10 Å². The predicted molar refractivity (Wildman–Crippen MR) is 65.8 cm³/mol. The number of fused-ring (bicyclic) bond motifs is 1. The second kappa shape index (κ2) is 4.56. The van der Waals surface area contributed by atoms with Crippen LogP contribution in [0.2, 0.25) is 0 Å². The molecule has 3 rings (SSSR count). The van der Waals surface area contributed by atoms with Gasteiger partial charge in [-0.2, -0.15) is 5.10 Å². The van der Waals surface area contributed by atoms with E-state index >= 15 is 0 Å². The van der Waals surface area contributed by atoms with E-state index in [1.165, 1.54) is 38.8 Å². The highest BCUT2D eigenvalue weighted by molar-refractivity contribution is 5.26. The van der Waals surface area contributed by atoms with Crippen molar-refractivity contribution in [3.05, 3.63) is 11.9 Å². The quantitative estimate of drug-likeness (QED) is 0.832. The van der Waals surface area contributed by atoms with Gasteiger partial charge in [0, 0.05) is 12.1 Å². The Hall–Kier alpha value is -1.23. The summed E-state index contributed by atoms with van der Waals surface area (Å²) in [4.78, 5) is 6.98. The van der Waals surface area contributed by atoms with Crippen LogP contribution in [-0.4, -0.2) is 45.3 Å². The molecule has 5 heteroatoms. The second-order valence-corrected chi connectivity index (χ2v) is 5.06. The predicted octanol–water partition coefficient (Wildman–Crippen LogP) is 1.22. The molecule has 1 aromatic rings. The van der Waals surface area contributed by atoms with Crippen molar-refractivity contribution >= 4 is 5.95 Å². The molecule has 3 heterocycles. The third-order valence-electron chi connectivity index (χ3n) is 3.83. The Kier molecular flexibility index (Phi) is 2.93. The summed E-state index contributed by atoms with van der Waals surface area (Å²) in [5.41, 5.74) is 0.918. The first kappa shape index (κ1) is 10.9. The Morgan fingerprint density at radius 2 is 2.12 bits per heavy atom. The molecule has 2 aliphatic heterocycles. The Labute approximate surface area is 102 Å². The van der Waals surface area contributed by atoms with Gasteiger partial charge in [-0.1, -0.05) is 0 Å². The number of aromatic nitrogens is 3. The van der Waals surface area contributed by atoms with Crippen molar-refractivity contribution in [1.82, 2.24) is 20.1 Å².